The summed E-state index contributed by atoms with van der Waals surface area (Å²) < 4.78 is 0. The maximum atomic E-state index is 2.58. The van der Waals surface area contributed by atoms with Crippen LogP contribution in [0.15, 0.2) is 0 Å². The van der Waals surface area contributed by atoms with Crippen LogP contribution < -0.4 is 0 Å². The van der Waals surface area contributed by atoms with Gasteiger partial charge in [0, 0.05) is 0 Å². The summed E-state index contributed by atoms with van der Waals surface area (Å²) >= 11 is 0. The molecule has 0 fully saturated rings. The minimum atomic E-state index is -1.43. The molecule has 0 nitrogen and oxygen atoms in total. The van der Waals surface area contributed by atoms with E-state index in [9.17, 15) is 0 Å². The minimum absolute atomic E-state index is 1.14. The van der Waals surface area contributed by atoms with E-state index in [0.29, 0.717) is 0 Å². The number of rotatable bonds is 33. The van der Waals surface area contributed by atoms with Crippen molar-refractivity contribution in [3.05, 3.63) is 0 Å². The van der Waals surface area contributed by atoms with Crippen molar-refractivity contribution in [3.63, 3.8) is 0 Å². The molecule has 0 aliphatic carbocycles. The predicted molar refractivity (Wildman–Crippen MR) is 242 cm³/mol. The topological polar surface area (TPSA) is 0 Å². The average molecular weight is 727 g/mol. The summed E-state index contributed by atoms with van der Waals surface area (Å²) in [5, 5.41) is 0. The van der Waals surface area contributed by atoms with Crippen LogP contribution in [0.3, 0.4) is 0 Å². The van der Waals surface area contributed by atoms with Gasteiger partial charge in [-0.05, 0) is 0 Å². The molecule has 0 saturated heterocycles. The summed E-state index contributed by atoms with van der Waals surface area (Å²) in [5.41, 5.74) is 2.27. The van der Waals surface area contributed by atoms with E-state index >= 15 is 0 Å². The first-order valence-electron chi connectivity index (χ1n) is 22.2. The molecule has 0 amide bonds. The Hall–Kier alpha value is 1.72. The Morgan fingerprint density at radius 3 is 0.565 bits per heavy atom. The van der Waals surface area contributed by atoms with Crippen LogP contribution in [0.5, 0.6) is 0 Å². The van der Waals surface area contributed by atoms with E-state index < -0.39 is 29.0 Å². The Kier molecular flexibility index (Phi) is 28.4. The first kappa shape index (κ1) is 47.7. The van der Waals surface area contributed by atoms with Crippen molar-refractivity contribution < 1.29 is 0 Å². The third kappa shape index (κ3) is 15.1. The molecule has 2 unspecified atom stereocenters. The van der Waals surface area contributed by atoms with Crippen LogP contribution in [0.4, 0.5) is 0 Å². The van der Waals surface area contributed by atoms with E-state index in [1.54, 1.807) is 99.1 Å². The Balaban J connectivity index is 7.66. The molecule has 0 aromatic rings. The van der Waals surface area contributed by atoms with Gasteiger partial charge in [0.15, 0.2) is 0 Å². The van der Waals surface area contributed by atoms with Crippen molar-refractivity contribution in [1.82, 2.24) is 0 Å². The van der Waals surface area contributed by atoms with Gasteiger partial charge >= 0.3 is 300 Å². The zero-order valence-electron chi connectivity index (χ0n) is 35.0. The molecular weight excluding hydrogens is 628 g/mol. The molecule has 46 heavy (non-hydrogen) atoms. The third-order valence-electron chi connectivity index (χ3n) is 13.2. The molecule has 0 N–H and O–H groups in total. The molecule has 286 valence electrons. The van der Waals surface area contributed by atoms with E-state index in [0.717, 1.165) is 11.3 Å². The van der Waals surface area contributed by atoms with E-state index in [-0.39, 0.29) is 0 Å². The van der Waals surface area contributed by atoms with Gasteiger partial charge in [-0.1, -0.05) is 0 Å². The first-order chi connectivity index (χ1) is 22.2. The zero-order chi connectivity index (χ0) is 35.0. The van der Waals surface area contributed by atoms with Gasteiger partial charge in [-0.2, -0.15) is 0 Å². The van der Waals surface area contributed by atoms with Gasteiger partial charge in [-0.15, -0.1) is 0 Å². The second-order valence-electron chi connectivity index (χ2n) is 17.0. The van der Waals surface area contributed by atoms with Crippen molar-refractivity contribution in [2.75, 3.05) is 86.3 Å². The van der Waals surface area contributed by atoms with Gasteiger partial charge in [0.1, 0.15) is 0 Å². The number of hydrogen-bond donors (Lipinski definition) is 0. The van der Waals surface area contributed by atoms with Crippen molar-refractivity contribution in [2.24, 2.45) is 0 Å². The SMILES string of the molecule is CCC[PH](CCC)(CCC)CCC(C(CC[PH](CCC)(CCC)CCC)[PH](CCC)(CCC)CCC)[PH](CCC)(CCC)CCC. The monoisotopic (exact) mass is 727 g/mol. The Morgan fingerprint density at radius 1 is 0.239 bits per heavy atom. The van der Waals surface area contributed by atoms with Crippen LogP contribution in [-0.4, -0.2) is 97.6 Å². The Morgan fingerprint density at radius 2 is 0.413 bits per heavy atom. The fourth-order valence-electron chi connectivity index (χ4n) is 12.3. The first-order valence-corrected chi connectivity index (χ1v) is 33.2. The molecular formula is C42H98P4. The summed E-state index contributed by atoms with van der Waals surface area (Å²) in [5.74, 6) is 0. The molecule has 0 bridgehead atoms. The van der Waals surface area contributed by atoms with Gasteiger partial charge in [-0.3, -0.25) is 0 Å². The summed E-state index contributed by atoms with van der Waals surface area (Å²) in [6, 6.07) is 0. The molecule has 0 aromatic carbocycles. The van der Waals surface area contributed by atoms with Crippen LogP contribution in [0.25, 0.3) is 0 Å². The molecule has 0 radical (unpaired) electrons. The van der Waals surface area contributed by atoms with Crippen molar-refractivity contribution in [2.45, 2.75) is 184 Å². The second-order valence-corrected chi connectivity index (χ2v) is 36.9. The molecule has 0 aromatic heterocycles. The molecule has 0 spiro atoms. The quantitative estimate of drug-likeness (QED) is 0.0591. The van der Waals surface area contributed by atoms with E-state index in [4.69, 9.17) is 0 Å². The van der Waals surface area contributed by atoms with Crippen molar-refractivity contribution in [1.29, 1.82) is 0 Å². The molecule has 0 aliphatic heterocycles. The van der Waals surface area contributed by atoms with E-state index in [2.05, 4.69) is 83.1 Å². The average Bonchev–Trinajstić information content (AvgIpc) is 3.00. The predicted octanol–water partition coefficient (Wildman–Crippen LogP) is 14.4. The third-order valence-corrected chi connectivity index (χ3v) is 39.1. The maximum absolute atomic E-state index is 2.58. The van der Waals surface area contributed by atoms with Crippen LogP contribution in [0.2, 0.25) is 0 Å². The molecule has 0 aliphatic rings. The second kappa shape index (κ2) is 27.4. The van der Waals surface area contributed by atoms with Gasteiger partial charge in [0.2, 0.25) is 0 Å². The fraction of sp³-hybridized carbons (Fsp3) is 1.00. The summed E-state index contributed by atoms with van der Waals surface area (Å²) in [6.45, 7) is 30.7. The fourth-order valence-corrected chi connectivity index (χ4v) is 39.5. The molecule has 0 heterocycles. The standard InChI is InChI=1S/C42H98P4/c1-13-27-43(28-14-2,29-15-3)39-25-41(45(33-19-7,34-20-8)35-21-9)42(46(36-22-10,37-23-11)38-24-12)26-40-44(30-16-4,31-17-5)32-18-6/h41-46H,13-40H2,1-12H3. The van der Waals surface area contributed by atoms with Gasteiger partial charge < -0.3 is 0 Å². The zero-order valence-corrected chi connectivity index (χ0v) is 39.0. The van der Waals surface area contributed by atoms with Gasteiger partial charge in [0.05, 0.1) is 0 Å². The Labute approximate surface area is 298 Å². The van der Waals surface area contributed by atoms with Gasteiger partial charge in [-0.25, -0.2) is 0 Å². The normalized spacial score (nSPS) is 16.0. The molecule has 4 heteroatoms. The van der Waals surface area contributed by atoms with Crippen molar-refractivity contribution in [3.8, 4) is 0 Å². The van der Waals surface area contributed by atoms with Crippen LogP contribution in [0, 0.1) is 0 Å². The molecule has 2 atom stereocenters. The number of hydrogen-bond acceptors (Lipinski definition) is 0. The van der Waals surface area contributed by atoms with Crippen LogP contribution >= 0.6 is 29.0 Å². The van der Waals surface area contributed by atoms with E-state index in [1.807, 2.05) is 0 Å². The summed E-state index contributed by atoms with van der Waals surface area (Å²) in [6.07, 6.45) is 43.8. The summed E-state index contributed by atoms with van der Waals surface area (Å²) in [4.78, 5) is 0. The molecule has 0 saturated carbocycles. The van der Waals surface area contributed by atoms with Gasteiger partial charge in [0.25, 0.3) is 0 Å². The van der Waals surface area contributed by atoms with Crippen molar-refractivity contribution >= 4 is 29.0 Å². The Bertz CT molecular complexity index is 565. The summed E-state index contributed by atoms with van der Waals surface area (Å²) in [7, 11) is -5.30. The molecule has 0 rings (SSSR count). The van der Waals surface area contributed by atoms with E-state index in [1.165, 1.54) is 77.0 Å². The van der Waals surface area contributed by atoms with Crippen LogP contribution in [-0.2, 0) is 0 Å². The van der Waals surface area contributed by atoms with Crippen LogP contribution in [0.1, 0.15) is 173 Å².